The van der Waals surface area contributed by atoms with Crippen molar-refractivity contribution in [3.63, 3.8) is 0 Å². The fourth-order valence-electron chi connectivity index (χ4n) is 3.38. The average Bonchev–Trinajstić information content (AvgIpc) is 2.67. The first-order chi connectivity index (χ1) is 14.2. The van der Waals surface area contributed by atoms with E-state index in [-0.39, 0.29) is 11.9 Å². The Labute approximate surface area is 177 Å². The van der Waals surface area contributed by atoms with Crippen molar-refractivity contribution in [1.29, 1.82) is 0 Å². The maximum absolute atomic E-state index is 12.6. The molecule has 1 aliphatic carbocycles. The third-order valence-corrected chi connectivity index (χ3v) is 4.70. The predicted octanol–water partition coefficient (Wildman–Crippen LogP) is 4.11. The molecular formula is C23H29N3O4. The lowest BCUT2D eigenvalue weighted by molar-refractivity contribution is 0.0500. The zero-order valence-corrected chi connectivity index (χ0v) is 18.0. The zero-order valence-electron chi connectivity index (χ0n) is 18.0. The number of fused-ring (bicyclic) bond motifs is 1. The lowest BCUT2D eigenvalue weighted by Gasteiger charge is -2.27. The first kappa shape index (κ1) is 21.6. The van der Waals surface area contributed by atoms with Crippen molar-refractivity contribution >= 4 is 17.7 Å². The van der Waals surface area contributed by atoms with Crippen LogP contribution in [0, 0.1) is 0 Å². The Morgan fingerprint density at radius 1 is 1.17 bits per heavy atom. The molecule has 1 heterocycles. The van der Waals surface area contributed by atoms with Gasteiger partial charge in [0.2, 0.25) is 5.88 Å². The van der Waals surface area contributed by atoms with E-state index in [0.29, 0.717) is 23.7 Å². The number of alkyl carbamates (subject to hydrolysis) is 1. The number of nitrogens with one attached hydrogen (secondary N) is 2. The number of benzene rings is 1. The van der Waals surface area contributed by atoms with Gasteiger partial charge in [0.15, 0.2) is 0 Å². The number of nitrogens with zero attached hydrogens (tertiary/aromatic N) is 1. The number of hydrogen-bond donors (Lipinski definition) is 2. The fraction of sp³-hybridized carbons (Fsp3) is 0.435. The number of carbonyl (C=O) groups is 2. The van der Waals surface area contributed by atoms with Gasteiger partial charge in [-0.25, -0.2) is 9.78 Å². The summed E-state index contributed by atoms with van der Waals surface area (Å²) < 4.78 is 10.7. The lowest BCUT2D eigenvalue weighted by atomic mass is 9.87. The van der Waals surface area contributed by atoms with Gasteiger partial charge >= 0.3 is 6.09 Å². The summed E-state index contributed by atoms with van der Waals surface area (Å²) in [5, 5.41) is 5.80. The Balaban J connectivity index is 1.60. The normalized spacial score (nSPS) is 15.7. The van der Waals surface area contributed by atoms with E-state index in [0.717, 1.165) is 30.4 Å². The third-order valence-electron chi connectivity index (χ3n) is 4.70. The van der Waals surface area contributed by atoms with Crippen molar-refractivity contribution in [3.05, 3.63) is 53.2 Å². The molecule has 160 valence electrons. The molecule has 1 atom stereocenters. The number of rotatable bonds is 5. The summed E-state index contributed by atoms with van der Waals surface area (Å²) in [5.74, 6) is 0.344. The van der Waals surface area contributed by atoms with Gasteiger partial charge in [-0.15, -0.1) is 0 Å². The highest BCUT2D eigenvalue weighted by molar-refractivity contribution is 6.04. The molecule has 0 saturated carbocycles. The number of amides is 2. The summed E-state index contributed by atoms with van der Waals surface area (Å²) >= 11 is 0. The van der Waals surface area contributed by atoms with Crippen LogP contribution in [0.3, 0.4) is 0 Å². The van der Waals surface area contributed by atoms with Crippen LogP contribution in [-0.2, 0) is 17.6 Å². The van der Waals surface area contributed by atoms with Gasteiger partial charge in [-0.05, 0) is 76.3 Å². The minimum atomic E-state index is -0.516. The van der Waals surface area contributed by atoms with Gasteiger partial charge in [0.1, 0.15) is 5.60 Å². The third kappa shape index (κ3) is 5.95. The Morgan fingerprint density at radius 2 is 1.97 bits per heavy atom. The van der Waals surface area contributed by atoms with E-state index in [2.05, 4.69) is 15.6 Å². The highest BCUT2D eigenvalue weighted by Gasteiger charge is 2.24. The van der Waals surface area contributed by atoms with Crippen LogP contribution >= 0.6 is 0 Å². The average molecular weight is 412 g/mol. The molecule has 0 bridgehead atoms. The standard InChI is InChI=1S/C23H29N3O4/c1-5-29-20-11-10-19(14-24-20)25-21(27)17-7-6-16-13-18(9-8-15(16)12-17)26-22(28)30-23(2,3)4/h6-7,10-12,14,18H,5,8-9,13H2,1-4H3,(H,25,27)(H,26,28). The van der Waals surface area contributed by atoms with Crippen LogP contribution in [0.15, 0.2) is 36.5 Å². The number of aromatic nitrogens is 1. The number of ether oxygens (including phenoxy) is 2. The second-order valence-electron chi connectivity index (χ2n) is 8.34. The summed E-state index contributed by atoms with van der Waals surface area (Å²) in [6, 6.07) is 9.22. The molecule has 2 amide bonds. The van der Waals surface area contributed by atoms with E-state index in [1.54, 1.807) is 18.3 Å². The predicted molar refractivity (Wildman–Crippen MR) is 115 cm³/mol. The summed E-state index contributed by atoms with van der Waals surface area (Å²) in [4.78, 5) is 28.8. The second kappa shape index (κ2) is 9.15. The number of anilines is 1. The maximum atomic E-state index is 12.6. The van der Waals surface area contributed by atoms with Crippen molar-refractivity contribution in [2.45, 2.75) is 58.6 Å². The van der Waals surface area contributed by atoms with E-state index in [1.165, 1.54) is 0 Å². The molecular weight excluding hydrogens is 382 g/mol. The summed E-state index contributed by atoms with van der Waals surface area (Å²) in [6.07, 6.45) is 3.51. The van der Waals surface area contributed by atoms with Crippen LogP contribution in [0.4, 0.5) is 10.5 Å². The SMILES string of the molecule is CCOc1ccc(NC(=O)c2ccc3c(c2)CCC(NC(=O)OC(C)(C)C)C3)cn1. The quantitative estimate of drug-likeness (QED) is 0.773. The minimum absolute atomic E-state index is 0.0296. The van der Waals surface area contributed by atoms with E-state index >= 15 is 0 Å². The van der Waals surface area contributed by atoms with Crippen LogP contribution in [0.25, 0.3) is 0 Å². The molecule has 7 nitrogen and oxygen atoms in total. The van der Waals surface area contributed by atoms with Gasteiger partial charge in [-0.3, -0.25) is 4.79 Å². The molecule has 0 aliphatic heterocycles. The van der Waals surface area contributed by atoms with Gasteiger partial charge in [-0.1, -0.05) is 6.07 Å². The van der Waals surface area contributed by atoms with Crippen molar-refractivity contribution in [3.8, 4) is 5.88 Å². The lowest BCUT2D eigenvalue weighted by Crippen LogP contribution is -2.41. The van der Waals surface area contributed by atoms with Crippen LogP contribution in [0.2, 0.25) is 0 Å². The molecule has 3 rings (SSSR count). The Morgan fingerprint density at radius 3 is 2.63 bits per heavy atom. The molecule has 1 unspecified atom stereocenters. The van der Waals surface area contributed by atoms with Gasteiger partial charge in [0.05, 0.1) is 18.5 Å². The van der Waals surface area contributed by atoms with Gasteiger partial charge in [0, 0.05) is 17.7 Å². The molecule has 0 spiro atoms. The van der Waals surface area contributed by atoms with Crippen LogP contribution in [-0.4, -0.2) is 35.2 Å². The number of carbonyl (C=O) groups excluding carboxylic acids is 2. The van der Waals surface area contributed by atoms with E-state index < -0.39 is 11.7 Å². The smallest absolute Gasteiger partial charge is 0.407 e. The molecule has 1 aromatic carbocycles. The first-order valence-electron chi connectivity index (χ1n) is 10.2. The molecule has 0 radical (unpaired) electrons. The number of hydrogen-bond acceptors (Lipinski definition) is 5. The second-order valence-corrected chi connectivity index (χ2v) is 8.34. The van der Waals surface area contributed by atoms with E-state index in [9.17, 15) is 9.59 Å². The molecule has 1 aliphatic rings. The van der Waals surface area contributed by atoms with Crippen molar-refractivity contribution in [1.82, 2.24) is 10.3 Å². The van der Waals surface area contributed by atoms with Crippen molar-refractivity contribution in [2.24, 2.45) is 0 Å². The highest BCUT2D eigenvalue weighted by atomic mass is 16.6. The summed E-state index contributed by atoms with van der Waals surface area (Å²) in [6.45, 7) is 7.97. The molecule has 2 N–H and O–H groups in total. The van der Waals surface area contributed by atoms with Crippen molar-refractivity contribution < 1.29 is 19.1 Å². The van der Waals surface area contributed by atoms with Gasteiger partial charge < -0.3 is 20.1 Å². The molecule has 0 saturated heterocycles. The number of aryl methyl sites for hydroxylation is 1. The van der Waals surface area contributed by atoms with E-state index in [1.807, 2.05) is 45.9 Å². The zero-order chi connectivity index (χ0) is 21.7. The highest BCUT2D eigenvalue weighted by Crippen LogP contribution is 2.24. The molecule has 2 aromatic rings. The van der Waals surface area contributed by atoms with Crippen LogP contribution in [0.1, 0.15) is 55.6 Å². The molecule has 7 heteroatoms. The largest absolute Gasteiger partial charge is 0.478 e. The monoisotopic (exact) mass is 411 g/mol. The first-order valence-corrected chi connectivity index (χ1v) is 10.2. The van der Waals surface area contributed by atoms with E-state index in [4.69, 9.17) is 9.47 Å². The topological polar surface area (TPSA) is 89.6 Å². The summed E-state index contributed by atoms with van der Waals surface area (Å²) in [7, 11) is 0. The fourth-order valence-corrected chi connectivity index (χ4v) is 3.38. The van der Waals surface area contributed by atoms with Crippen molar-refractivity contribution in [2.75, 3.05) is 11.9 Å². The van der Waals surface area contributed by atoms with Crippen LogP contribution < -0.4 is 15.4 Å². The van der Waals surface area contributed by atoms with Gasteiger partial charge in [-0.2, -0.15) is 0 Å². The molecule has 1 aromatic heterocycles. The molecule has 0 fully saturated rings. The minimum Gasteiger partial charge on any atom is -0.478 e. The molecule has 30 heavy (non-hydrogen) atoms. The summed E-state index contributed by atoms with van der Waals surface area (Å²) in [5.41, 5.74) is 2.97. The van der Waals surface area contributed by atoms with Gasteiger partial charge in [0.25, 0.3) is 5.91 Å². The Bertz CT molecular complexity index is 904. The Hall–Kier alpha value is -3.09. The number of pyridine rings is 1. The Kier molecular flexibility index (Phi) is 6.59. The maximum Gasteiger partial charge on any atom is 0.407 e. The van der Waals surface area contributed by atoms with Crippen LogP contribution in [0.5, 0.6) is 5.88 Å².